The number of para-hydroxylation sites is 1. The third kappa shape index (κ3) is 2.31. The molecule has 1 unspecified atom stereocenters. The second-order valence-corrected chi connectivity index (χ2v) is 7.15. The van der Waals surface area contributed by atoms with Crippen molar-refractivity contribution in [3.63, 3.8) is 0 Å². The molecule has 0 radical (unpaired) electrons. The van der Waals surface area contributed by atoms with Gasteiger partial charge < -0.3 is 9.64 Å². The van der Waals surface area contributed by atoms with Crippen molar-refractivity contribution >= 4 is 22.7 Å². The fraction of sp³-hybridized carbons (Fsp3) is 0.273. The van der Waals surface area contributed by atoms with E-state index in [0.717, 1.165) is 23.0 Å². The minimum Gasteiger partial charge on any atom is -0.497 e. The zero-order chi connectivity index (χ0) is 18.5. The summed E-state index contributed by atoms with van der Waals surface area (Å²) in [6, 6.07) is 15.3. The van der Waals surface area contributed by atoms with Crippen molar-refractivity contribution in [1.29, 1.82) is 0 Å². The lowest BCUT2D eigenvalue weighted by Crippen LogP contribution is -2.43. The van der Waals surface area contributed by atoms with Crippen LogP contribution in [-0.4, -0.2) is 34.9 Å². The van der Waals surface area contributed by atoms with Gasteiger partial charge in [-0.3, -0.25) is 14.2 Å². The second-order valence-electron chi connectivity index (χ2n) is 7.15. The number of carbonyl (C=O) groups excluding carboxylic acids is 2. The Bertz CT molecular complexity index is 1080. The Hall–Kier alpha value is -3.08. The van der Waals surface area contributed by atoms with Crippen LogP contribution in [0.4, 0.5) is 0 Å². The molecule has 1 atom stereocenters. The Kier molecular flexibility index (Phi) is 3.57. The summed E-state index contributed by atoms with van der Waals surface area (Å²) in [4.78, 5) is 27.9. The van der Waals surface area contributed by atoms with Crippen LogP contribution in [0.15, 0.2) is 48.5 Å². The van der Waals surface area contributed by atoms with Gasteiger partial charge in [0.25, 0.3) is 5.91 Å². The largest absolute Gasteiger partial charge is 0.497 e. The third-order valence-electron chi connectivity index (χ3n) is 5.77. The van der Waals surface area contributed by atoms with Gasteiger partial charge in [-0.25, -0.2) is 0 Å². The van der Waals surface area contributed by atoms with Gasteiger partial charge in [-0.15, -0.1) is 0 Å². The molecular formula is C22H20N2O3. The quantitative estimate of drug-likeness (QED) is 0.698. The van der Waals surface area contributed by atoms with Crippen molar-refractivity contribution in [2.45, 2.75) is 25.3 Å². The predicted octanol–water partition coefficient (Wildman–Crippen LogP) is 3.82. The lowest BCUT2D eigenvalue weighted by Gasteiger charge is -2.39. The molecule has 5 nitrogen and oxygen atoms in total. The topological polar surface area (TPSA) is 51.5 Å². The van der Waals surface area contributed by atoms with Gasteiger partial charge in [0, 0.05) is 23.9 Å². The van der Waals surface area contributed by atoms with E-state index in [1.165, 1.54) is 5.56 Å². The molecule has 0 spiro atoms. The summed E-state index contributed by atoms with van der Waals surface area (Å²) in [6.45, 7) is 0.663. The van der Waals surface area contributed by atoms with Gasteiger partial charge >= 0.3 is 0 Å². The molecular weight excluding hydrogens is 340 g/mol. The molecule has 136 valence electrons. The summed E-state index contributed by atoms with van der Waals surface area (Å²) in [5.74, 6) is 0.793. The van der Waals surface area contributed by atoms with Crippen molar-refractivity contribution in [2.75, 3.05) is 13.7 Å². The van der Waals surface area contributed by atoms with Gasteiger partial charge in [0.2, 0.25) is 5.91 Å². The van der Waals surface area contributed by atoms with Crippen LogP contribution < -0.4 is 4.74 Å². The first-order valence-corrected chi connectivity index (χ1v) is 9.29. The predicted molar refractivity (Wildman–Crippen MR) is 102 cm³/mol. The Morgan fingerprint density at radius 3 is 2.81 bits per heavy atom. The number of aromatic nitrogens is 1. The number of hydrogen-bond donors (Lipinski definition) is 0. The molecule has 1 amide bonds. The average molecular weight is 360 g/mol. The summed E-state index contributed by atoms with van der Waals surface area (Å²) in [5.41, 5.74) is 3.82. The van der Waals surface area contributed by atoms with Gasteiger partial charge in [0.15, 0.2) is 0 Å². The number of carbonyl (C=O) groups is 2. The molecule has 1 aromatic heterocycles. The van der Waals surface area contributed by atoms with E-state index >= 15 is 0 Å². The number of fused-ring (bicyclic) bond motifs is 3. The fourth-order valence-corrected chi connectivity index (χ4v) is 4.57. The van der Waals surface area contributed by atoms with Gasteiger partial charge in [0.05, 0.1) is 24.4 Å². The average Bonchev–Trinajstić information content (AvgIpc) is 3.06. The van der Waals surface area contributed by atoms with Crippen LogP contribution in [-0.2, 0) is 6.42 Å². The number of nitrogens with zero attached hydrogens (tertiary/aromatic N) is 2. The second kappa shape index (κ2) is 5.98. The van der Waals surface area contributed by atoms with Crippen LogP contribution in [0.25, 0.3) is 10.9 Å². The molecule has 2 aromatic carbocycles. The molecule has 2 aliphatic heterocycles. The highest BCUT2D eigenvalue weighted by Crippen LogP contribution is 2.42. The first-order chi connectivity index (χ1) is 13.2. The van der Waals surface area contributed by atoms with E-state index in [4.69, 9.17) is 4.74 Å². The zero-order valence-corrected chi connectivity index (χ0v) is 15.1. The molecule has 0 saturated heterocycles. The van der Waals surface area contributed by atoms with Crippen LogP contribution in [0, 0.1) is 0 Å². The molecule has 0 fully saturated rings. The Labute approximate surface area is 157 Å². The first-order valence-electron chi connectivity index (χ1n) is 9.29. The SMILES string of the molecule is COc1cccc(C(=O)N2CCc3c4n(c5ccccc35)C(=O)CCC42)c1. The zero-order valence-electron chi connectivity index (χ0n) is 15.1. The monoisotopic (exact) mass is 360 g/mol. The molecule has 5 heteroatoms. The fourth-order valence-electron chi connectivity index (χ4n) is 4.57. The van der Waals surface area contributed by atoms with E-state index in [1.54, 1.807) is 13.2 Å². The van der Waals surface area contributed by atoms with E-state index in [9.17, 15) is 9.59 Å². The number of benzene rings is 2. The molecule has 0 N–H and O–H groups in total. The van der Waals surface area contributed by atoms with Gasteiger partial charge in [-0.1, -0.05) is 24.3 Å². The van der Waals surface area contributed by atoms with Crippen molar-refractivity contribution in [2.24, 2.45) is 0 Å². The van der Waals surface area contributed by atoms with Crippen molar-refractivity contribution in [1.82, 2.24) is 9.47 Å². The Morgan fingerprint density at radius 2 is 1.96 bits per heavy atom. The molecule has 3 aromatic rings. The van der Waals surface area contributed by atoms with Crippen molar-refractivity contribution in [3.05, 3.63) is 65.4 Å². The van der Waals surface area contributed by atoms with Gasteiger partial charge in [-0.2, -0.15) is 0 Å². The number of ether oxygens (including phenoxy) is 1. The van der Waals surface area contributed by atoms with Crippen molar-refractivity contribution in [3.8, 4) is 5.75 Å². The van der Waals surface area contributed by atoms with Gasteiger partial charge in [0.1, 0.15) is 5.75 Å². The van der Waals surface area contributed by atoms with Crippen LogP contribution in [0.5, 0.6) is 5.75 Å². The molecule has 27 heavy (non-hydrogen) atoms. The summed E-state index contributed by atoms with van der Waals surface area (Å²) in [6.07, 6.45) is 1.90. The highest BCUT2D eigenvalue weighted by Gasteiger charge is 2.39. The maximum absolute atomic E-state index is 13.3. The van der Waals surface area contributed by atoms with E-state index in [0.29, 0.717) is 30.7 Å². The summed E-state index contributed by atoms with van der Waals surface area (Å²) in [5, 5.41) is 1.14. The molecule has 0 bridgehead atoms. The third-order valence-corrected chi connectivity index (χ3v) is 5.77. The summed E-state index contributed by atoms with van der Waals surface area (Å²) >= 11 is 0. The van der Waals surface area contributed by atoms with Crippen LogP contribution >= 0.6 is 0 Å². The highest BCUT2D eigenvalue weighted by molar-refractivity contribution is 5.99. The number of rotatable bonds is 2. The van der Waals surface area contributed by atoms with E-state index in [1.807, 2.05) is 45.9 Å². The standard InChI is InChI=1S/C22H20N2O3/c1-27-15-6-4-5-14(13-15)22(26)23-12-11-17-16-7-2-3-8-18(16)24-20(25)10-9-19(23)21(17)24/h2-8,13,19H,9-12H2,1H3. The summed E-state index contributed by atoms with van der Waals surface area (Å²) < 4.78 is 7.12. The Morgan fingerprint density at radius 1 is 1.11 bits per heavy atom. The van der Waals surface area contributed by atoms with Gasteiger partial charge in [-0.05, 0) is 42.7 Å². The van der Waals surface area contributed by atoms with Crippen LogP contribution in [0.1, 0.15) is 45.3 Å². The molecule has 3 heterocycles. The molecule has 5 rings (SSSR count). The number of amides is 1. The number of hydrogen-bond acceptors (Lipinski definition) is 3. The minimum atomic E-state index is -0.0578. The van der Waals surface area contributed by atoms with Crippen LogP contribution in [0.2, 0.25) is 0 Å². The lowest BCUT2D eigenvalue weighted by molar-refractivity contribution is 0.0592. The maximum Gasteiger partial charge on any atom is 0.254 e. The first kappa shape index (κ1) is 16.1. The van der Waals surface area contributed by atoms with E-state index in [2.05, 4.69) is 6.07 Å². The number of methoxy groups -OCH3 is 1. The normalized spacial score (nSPS) is 18.5. The smallest absolute Gasteiger partial charge is 0.254 e. The maximum atomic E-state index is 13.3. The van der Waals surface area contributed by atoms with E-state index in [-0.39, 0.29) is 17.9 Å². The van der Waals surface area contributed by atoms with E-state index < -0.39 is 0 Å². The van der Waals surface area contributed by atoms with Crippen LogP contribution in [0.3, 0.4) is 0 Å². The summed E-state index contributed by atoms with van der Waals surface area (Å²) in [7, 11) is 1.60. The molecule has 0 aliphatic carbocycles. The molecule has 2 aliphatic rings. The molecule has 0 saturated carbocycles. The highest BCUT2D eigenvalue weighted by atomic mass is 16.5. The minimum absolute atomic E-state index is 0.00398. The lowest BCUT2D eigenvalue weighted by atomic mass is 9.91. The van der Waals surface area contributed by atoms with Crippen molar-refractivity contribution < 1.29 is 14.3 Å². The Balaban J connectivity index is 1.62.